The number of hydrogen-bond acceptors (Lipinski definition) is 5. The maximum absolute atomic E-state index is 14.6. The molecule has 5 N–H and O–H groups in total. The molecule has 1 heterocycles. The highest BCUT2D eigenvalue weighted by atomic mass is 32.2. The Morgan fingerprint density at radius 1 is 1.22 bits per heavy atom. The molecule has 3 rings (SSSR count). The molecule has 0 aliphatic rings. The zero-order chi connectivity index (χ0) is 19.8. The molecule has 0 fully saturated rings. The minimum atomic E-state index is -4.89. The molecule has 0 aliphatic heterocycles. The molecule has 1 unspecified atom stereocenters. The molecule has 142 valence electrons. The van der Waals surface area contributed by atoms with E-state index in [1.54, 1.807) is 0 Å². The Bertz CT molecular complexity index is 1020. The Morgan fingerprint density at radius 2 is 1.96 bits per heavy atom. The van der Waals surface area contributed by atoms with Crippen LogP contribution in [0.15, 0.2) is 41.3 Å². The van der Waals surface area contributed by atoms with Gasteiger partial charge in [-0.15, -0.1) is 5.10 Å². The lowest BCUT2D eigenvalue weighted by Gasteiger charge is -2.16. The fourth-order valence-corrected chi connectivity index (χ4v) is 2.84. The van der Waals surface area contributed by atoms with Crippen LogP contribution in [0.3, 0.4) is 0 Å². The highest BCUT2D eigenvalue weighted by molar-refractivity contribution is 7.79. The number of nitrogens with one attached hydrogen (secondary N) is 2. The van der Waals surface area contributed by atoms with Gasteiger partial charge < -0.3 is 15.6 Å². The van der Waals surface area contributed by atoms with Crippen LogP contribution < -0.4 is 11.1 Å². The number of hydrogen-bond donors (Lipinski definition) is 4. The van der Waals surface area contributed by atoms with Gasteiger partial charge in [0.2, 0.25) is 11.9 Å². The average molecular weight is 401 g/mol. The lowest BCUT2D eigenvalue weighted by atomic mass is 9.98. The zero-order valence-electron chi connectivity index (χ0n) is 13.2. The molecule has 0 amide bonds. The van der Waals surface area contributed by atoms with Gasteiger partial charge in [-0.1, -0.05) is 12.1 Å². The number of alkyl halides is 3. The Labute approximate surface area is 151 Å². The molecule has 1 aromatic heterocycles. The summed E-state index contributed by atoms with van der Waals surface area (Å²) in [6, 6.07) is 6.27. The van der Waals surface area contributed by atoms with Gasteiger partial charge in [0.05, 0.1) is 10.5 Å². The second-order valence-electron chi connectivity index (χ2n) is 5.32. The van der Waals surface area contributed by atoms with Crippen LogP contribution in [0.2, 0.25) is 0 Å². The summed E-state index contributed by atoms with van der Waals surface area (Å²) in [5, 5.41) is 8.32. The van der Waals surface area contributed by atoms with Crippen molar-refractivity contribution in [1.82, 2.24) is 15.2 Å². The summed E-state index contributed by atoms with van der Waals surface area (Å²) >= 11 is -2.42. The van der Waals surface area contributed by atoms with Crippen LogP contribution in [0.4, 0.5) is 35.1 Å². The molecule has 0 aliphatic carbocycles. The Kier molecular flexibility index (Phi) is 4.85. The molecule has 0 saturated heterocycles. The van der Waals surface area contributed by atoms with Gasteiger partial charge in [-0.2, -0.15) is 18.2 Å². The number of nitrogens with zero attached hydrogens (tertiary/aromatic N) is 2. The standard InChI is InChI=1S/C15H11F4N5O2S/c16-11-6-8(21-14-22-13(20)23-24-14)5-10(15(17,18)19)12(11)7-2-1-3-9(4-7)27(25)26/h1-6H,(H,25,26)(H4,20,21,22,23,24). The van der Waals surface area contributed by atoms with Gasteiger partial charge >= 0.3 is 6.18 Å². The van der Waals surface area contributed by atoms with E-state index in [0.29, 0.717) is 6.07 Å². The lowest BCUT2D eigenvalue weighted by molar-refractivity contribution is -0.137. The maximum Gasteiger partial charge on any atom is 0.417 e. The molecule has 27 heavy (non-hydrogen) atoms. The first-order valence-electron chi connectivity index (χ1n) is 7.22. The highest BCUT2D eigenvalue weighted by Gasteiger charge is 2.36. The summed E-state index contributed by atoms with van der Waals surface area (Å²) < 4.78 is 75.5. The SMILES string of the molecule is Nc1nc(Nc2cc(F)c(-c3cccc(S(=O)O)c3)c(C(F)(F)F)c2)n[nH]1. The summed E-state index contributed by atoms with van der Waals surface area (Å²) in [7, 11) is 0. The van der Waals surface area contributed by atoms with Crippen molar-refractivity contribution in [2.24, 2.45) is 0 Å². The Morgan fingerprint density at radius 3 is 2.56 bits per heavy atom. The maximum atomic E-state index is 14.6. The van der Waals surface area contributed by atoms with Gasteiger partial charge in [0.15, 0.2) is 11.1 Å². The molecular formula is C15H11F4N5O2S. The minimum absolute atomic E-state index is 0.0699. The number of nitrogens with two attached hydrogens (primary N) is 1. The van der Waals surface area contributed by atoms with Crippen LogP contribution in [0, 0.1) is 5.82 Å². The second kappa shape index (κ2) is 6.96. The van der Waals surface area contributed by atoms with Gasteiger partial charge in [0.1, 0.15) is 5.82 Å². The van der Waals surface area contributed by atoms with Gasteiger partial charge in [-0.25, -0.2) is 13.7 Å². The largest absolute Gasteiger partial charge is 0.417 e. The first kappa shape index (κ1) is 18.8. The van der Waals surface area contributed by atoms with Crippen LogP contribution in [0.5, 0.6) is 0 Å². The van der Waals surface area contributed by atoms with Crippen molar-refractivity contribution in [2.75, 3.05) is 11.1 Å². The molecule has 0 spiro atoms. The quantitative estimate of drug-likeness (QED) is 0.393. The fourth-order valence-electron chi connectivity index (χ4n) is 2.42. The van der Waals surface area contributed by atoms with Crippen molar-refractivity contribution in [2.45, 2.75) is 11.1 Å². The van der Waals surface area contributed by atoms with Crippen LogP contribution in [-0.4, -0.2) is 23.9 Å². The predicted molar refractivity (Wildman–Crippen MR) is 90.0 cm³/mol. The Hall–Kier alpha value is -2.99. The fraction of sp³-hybridized carbons (Fsp3) is 0.0667. The summed E-state index contributed by atoms with van der Waals surface area (Å²) in [5.41, 5.74) is 2.89. The molecule has 3 aromatic rings. The van der Waals surface area contributed by atoms with Gasteiger partial charge in [-0.3, -0.25) is 0 Å². The molecule has 2 aromatic carbocycles. The molecule has 0 saturated carbocycles. The molecule has 0 radical (unpaired) electrons. The van der Waals surface area contributed by atoms with E-state index in [0.717, 1.165) is 12.1 Å². The van der Waals surface area contributed by atoms with E-state index in [1.807, 2.05) is 0 Å². The number of rotatable bonds is 4. The number of benzene rings is 2. The first-order chi connectivity index (χ1) is 12.6. The molecule has 12 heteroatoms. The minimum Gasteiger partial charge on any atom is -0.368 e. The third-order valence-corrected chi connectivity index (χ3v) is 4.14. The van der Waals surface area contributed by atoms with Crippen LogP contribution in [-0.2, 0) is 17.3 Å². The van der Waals surface area contributed by atoms with Crippen molar-refractivity contribution in [3.63, 3.8) is 0 Å². The smallest absolute Gasteiger partial charge is 0.368 e. The van der Waals surface area contributed by atoms with Crippen molar-refractivity contribution < 1.29 is 26.3 Å². The van der Waals surface area contributed by atoms with Crippen molar-refractivity contribution in [3.8, 4) is 11.1 Å². The van der Waals surface area contributed by atoms with E-state index < -0.39 is 34.2 Å². The number of halogens is 4. The van der Waals surface area contributed by atoms with E-state index in [1.165, 1.54) is 18.2 Å². The third kappa shape index (κ3) is 4.06. The lowest BCUT2D eigenvalue weighted by Crippen LogP contribution is -2.10. The summed E-state index contributed by atoms with van der Waals surface area (Å²) in [5.74, 6) is -1.39. The topological polar surface area (TPSA) is 117 Å². The summed E-state index contributed by atoms with van der Waals surface area (Å²) in [6.45, 7) is 0. The van der Waals surface area contributed by atoms with E-state index >= 15 is 0 Å². The average Bonchev–Trinajstić information content (AvgIpc) is 2.98. The third-order valence-electron chi connectivity index (χ3n) is 3.48. The molecule has 0 bridgehead atoms. The van der Waals surface area contributed by atoms with Gasteiger partial charge in [0, 0.05) is 11.3 Å². The highest BCUT2D eigenvalue weighted by Crippen LogP contribution is 2.41. The Balaban J connectivity index is 2.13. The monoisotopic (exact) mass is 401 g/mol. The predicted octanol–water partition coefficient (Wildman–Crippen LogP) is 3.54. The number of H-pyrrole nitrogens is 1. The van der Waals surface area contributed by atoms with Crippen LogP contribution in [0.1, 0.15) is 5.56 Å². The first-order valence-corrected chi connectivity index (χ1v) is 8.33. The molecule has 7 nitrogen and oxygen atoms in total. The molecule has 1 atom stereocenters. The second-order valence-corrected chi connectivity index (χ2v) is 6.29. The van der Waals surface area contributed by atoms with Crippen molar-refractivity contribution in [3.05, 3.63) is 47.8 Å². The van der Waals surface area contributed by atoms with E-state index in [4.69, 9.17) is 10.3 Å². The number of nitrogen functional groups attached to an aromatic ring is 1. The van der Waals surface area contributed by atoms with Gasteiger partial charge in [-0.05, 0) is 29.8 Å². The van der Waals surface area contributed by atoms with Crippen molar-refractivity contribution in [1.29, 1.82) is 0 Å². The normalized spacial score (nSPS) is 12.8. The number of aromatic amines is 1. The summed E-state index contributed by atoms with van der Waals surface area (Å²) in [4.78, 5) is 3.52. The van der Waals surface area contributed by atoms with E-state index in [2.05, 4.69) is 20.5 Å². The number of anilines is 3. The van der Waals surface area contributed by atoms with Crippen LogP contribution >= 0.6 is 0 Å². The van der Waals surface area contributed by atoms with Crippen LogP contribution in [0.25, 0.3) is 11.1 Å². The zero-order valence-corrected chi connectivity index (χ0v) is 14.0. The van der Waals surface area contributed by atoms with Crippen molar-refractivity contribution >= 4 is 28.7 Å². The number of aromatic nitrogens is 3. The molecular weight excluding hydrogens is 390 g/mol. The van der Waals surface area contributed by atoms with Gasteiger partial charge in [0.25, 0.3) is 0 Å². The van der Waals surface area contributed by atoms with E-state index in [-0.39, 0.29) is 28.0 Å². The summed E-state index contributed by atoms with van der Waals surface area (Å²) in [6.07, 6.45) is -4.89. The van der Waals surface area contributed by atoms with E-state index in [9.17, 15) is 21.8 Å².